The van der Waals surface area contributed by atoms with Crippen LogP contribution in [0.2, 0.25) is 0 Å². The first kappa shape index (κ1) is 21.4. The molecule has 0 saturated heterocycles. The van der Waals surface area contributed by atoms with Crippen LogP contribution in [-0.4, -0.2) is 62.3 Å². The monoisotopic (exact) mass is 441 g/mol. The maximum atomic E-state index is 13.6. The zero-order valence-corrected chi connectivity index (χ0v) is 18.9. The number of nitrogens with zero attached hydrogens (tertiary/aromatic N) is 3. The Hall–Kier alpha value is -2.84. The summed E-state index contributed by atoms with van der Waals surface area (Å²) in [6.45, 7) is 8.43. The van der Waals surface area contributed by atoms with E-state index in [2.05, 4.69) is 18.7 Å². The summed E-state index contributed by atoms with van der Waals surface area (Å²) in [4.78, 5) is 22.4. The second-order valence-electron chi connectivity index (χ2n) is 7.17. The van der Waals surface area contributed by atoms with E-state index in [1.807, 2.05) is 18.2 Å². The molecule has 0 atom stereocenters. The van der Waals surface area contributed by atoms with Gasteiger partial charge in [0.25, 0.3) is 5.91 Å². The van der Waals surface area contributed by atoms with Crippen molar-refractivity contribution in [3.63, 3.8) is 0 Å². The number of fused-ring (bicyclic) bond motifs is 2. The Morgan fingerprint density at radius 1 is 1.06 bits per heavy atom. The van der Waals surface area contributed by atoms with E-state index in [0.717, 1.165) is 35.6 Å². The van der Waals surface area contributed by atoms with Gasteiger partial charge in [0, 0.05) is 24.7 Å². The number of benzene rings is 2. The van der Waals surface area contributed by atoms with Crippen molar-refractivity contribution < 1.29 is 19.0 Å². The lowest BCUT2D eigenvalue weighted by Gasteiger charge is -2.25. The SMILES string of the molecule is CCN(CC)CCN(C(=O)c1ccc2c(c1)OCCO2)c1nc2cc(OC)ccc2s1. The highest BCUT2D eigenvalue weighted by Crippen LogP contribution is 2.34. The quantitative estimate of drug-likeness (QED) is 0.525. The van der Waals surface area contributed by atoms with Crippen molar-refractivity contribution in [3.8, 4) is 17.2 Å². The predicted octanol–water partition coefficient (Wildman–Crippen LogP) is 4.06. The van der Waals surface area contributed by atoms with Crippen LogP contribution in [0.1, 0.15) is 24.2 Å². The topological polar surface area (TPSA) is 64.1 Å². The van der Waals surface area contributed by atoms with Gasteiger partial charge in [-0.25, -0.2) is 4.98 Å². The van der Waals surface area contributed by atoms with E-state index in [1.165, 1.54) is 11.3 Å². The molecule has 31 heavy (non-hydrogen) atoms. The summed E-state index contributed by atoms with van der Waals surface area (Å²) in [6, 6.07) is 11.1. The van der Waals surface area contributed by atoms with Crippen molar-refractivity contribution in [2.75, 3.05) is 51.4 Å². The molecule has 164 valence electrons. The van der Waals surface area contributed by atoms with Crippen LogP contribution in [-0.2, 0) is 0 Å². The molecule has 4 rings (SSSR count). The van der Waals surface area contributed by atoms with Gasteiger partial charge in [0.05, 0.1) is 17.3 Å². The van der Waals surface area contributed by atoms with Gasteiger partial charge in [-0.05, 0) is 43.4 Å². The molecular formula is C23H27N3O4S. The first-order chi connectivity index (χ1) is 15.1. The molecule has 0 N–H and O–H groups in total. The van der Waals surface area contributed by atoms with Crippen LogP contribution in [0.3, 0.4) is 0 Å². The van der Waals surface area contributed by atoms with Gasteiger partial charge in [-0.15, -0.1) is 0 Å². The van der Waals surface area contributed by atoms with E-state index in [9.17, 15) is 4.79 Å². The summed E-state index contributed by atoms with van der Waals surface area (Å²) in [7, 11) is 1.64. The molecule has 2 aromatic carbocycles. The fraction of sp³-hybridized carbons (Fsp3) is 0.391. The van der Waals surface area contributed by atoms with E-state index in [4.69, 9.17) is 19.2 Å². The largest absolute Gasteiger partial charge is 0.497 e. The highest BCUT2D eigenvalue weighted by Gasteiger charge is 2.24. The fourth-order valence-corrected chi connectivity index (χ4v) is 4.51. The Bertz CT molecular complexity index is 1060. The minimum absolute atomic E-state index is 0.102. The molecule has 0 saturated carbocycles. The molecule has 0 unspecified atom stereocenters. The molecule has 3 aromatic rings. The number of hydrogen-bond donors (Lipinski definition) is 0. The molecular weight excluding hydrogens is 414 g/mol. The third-order valence-corrected chi connectivity index (χ3v) is 6.44. The summed E-state index contributed by atoms with van der Waals surface area (Å²) in [5, 5.41) is 0.676. The molecule has 8 heteroatoms. The lowest BCUT2D eigenvalue weighted by atomic mass is 10.1. The van der Waals surface area contributed by atoms with Gasteiger partial charge in [-0.3, -0.25) is 9.69 Å². The maximum absolute atomic E-state index is 13.6. The van der Waals surface area contributed by atoms with Crippen molar-refractivity contribution in [2.24, 2.45) is 0 Å². The molecule has 0 spiro atoms. The summed E-state index contributed by atoms with van der Waals surface area (Å²) < 4.78 is 17.6. The first-order valence-electron chi connectivity index (χ1n) is 10.5. The van der Waals surface area contributed by atoms with Gasteiger partial charge >= 0.3 is 0 Å². The Labute approximate surface area is 186 Å². The average molecular weight is 442 g/mol. The third-order valence-electron chi connectivity index (χ3n) is 5.38. The smallest absolute Gasteiger partial charge is 0.260 e. The number of carbonyl (C=O) groups excluding carboxylic acids is 1. The molecule has 0 aliphatic carbocycles. The number of thiazole rings is 1. The van der Waals surface area contributed by atoms with Crippen LogP contribution in [0.4, 0.5) is 5.13 Å². The van der Waals surface area contributed by atoms with E-state index in [0.29, 0.717) is 42.0 Å². The number of likely N-dealkylation sites (N-methyl/N-ethyl adjacent to an activating group) is 1. The van der Waals surface area contributed by atoms with E-state index in [-0.39, 0.29) is 5.91 Å². The lowest BCUT2D eigenvalue weighted by molar-refractivity contribution is 0.0982. The Morgan fingerprint density at radius 3 is 2.58 bits per heavy atom. The van der Waals surface area contributed by atoms with Crippen LogP contribution in [0.5, 0.6) is 17.2 Å². The second-order valence-corrected chi connectivity index (χ2v) is 8.18. The molecule has 1 aromatic heterocycles. The van der Waals surface area contributed by atoms with Gasteiger partial charge < -0.3 is 19.1 Å². The van der Waals surface area contributed by atoms with Crippen LogP contribution in [0.25, 0.3) is 10.2 Å². The van der Waals surface area contributed by atoms with Crippen molar-refractivity contribution >= 4 is 32.6 Å². The number of hydrogen-bond acceptors (Lipinski definition) is 7. The number of aromatic nitrogens is 1. The van der Waals surface area contributed by atoms with Crippen molar-refractivity contribution in [3.05, 3.63) is 42.0 Å². The van der Waals surface area contributed by atoms with Crippen molar-refractivity contribution in [2.45, 2.75) is 13.8 Å². The van der Waals surface area contributed by atoms with Crippen LogP contribution in [0, 0.1) is 0 Å². The Kier molecular flexibility index (Phi) is 6.58. The maximum Gasteiger partial charge on any atom is 0.260 e. The Balaban J connectivity index is 1.67. The fourth-order valence-electron chi connectivity index (χ4n) is 3.54. The molecule has 1 aliphatic rings. The summed E-state index contributed by atoms with van der Waals surface area (Å²) in [5.41, 5.74) is 1.38. The molecule has 0 fully saturated rings. The van der Waals surface area contributed by atoms with Gasteiger partial charge in [-0.1, -0.05) is 25.2 Å². The van der Waals surface area contributed by atoms with E-state index in [1.54, 1.807) is 30.2 Å². The Morgan fingerprint density at radius 2 is 1.84 bits per heavy atom. The number of rotatable bonds is 8. The number of anilines is 1. The molecule has 7 nitrogen and oxygen atoms in total. The number of methoxy groups -OCH3 is 1. The zero-order chi connectivity index (χ0) is 21.8. The van der Waals surface area contributed by atoms with E-state index >= 15 is 0 Å². The number of carbonyl (C=O) groups is 1. The lowest BCUT2D eigenvalue weighted by Crippen LogP contribution is -2.38. The van der Waals surface area contributed by atoms with Gasteiger partial charge in [0.1, 0.15) is 19.0 Å². The third kappa shape index (κ3) is 4.60. The van der Waals surface area contributed by atoms with Crippen LogP contribution < -0.4 is 19.1 Å². The average Bonchev–Trinajstić information content (AvgIpc) is 3.24. The normalized spacial score (nSPS) is 12.9. The standard InChI is InChI=1S/C23H27N3O4S/c1-4-25(5-2)10-11-26(23-24-18-15-17(28-3)7-9-21(18)31-23)22(27)16-6-8-19-20(14-16)30-13-12-29-19/h6-9,14-15H,4-5,10-13H2,1-3H3. The number of amides is 1. The van der Waals surface area contributed by atoms with Crippen molar-refractivity contribution in [1.82, 2.24) is 9.88 Å². The first-order valence-corrected chi connectivity index (χ1v) is 11.3. The predicted molar refractivity (Wildman–Crippen MR) is 123 cm³/mol. The molecule has 2 heterocycles. The zero-order valence-electron chi connectivity index (χ0n) is 18.1. The van der Waals surface area contributed by atoms with Crippen molar-refractivity contribution in [1.29, 1.82) is 0 Å². The summed E-state index contributed by atoms with van der Waals surface area (Å²) >= 11 is 1.51. The highest BCUT2D eigenvalue weighted by atomic mass is 32.1. The molecule has 1 aliphatic heterocycles. The molecule has 1 amide bonds. The second kappa shape index (κ2) is 9.53. The summed E-state index contributed by atoms with van der Waals surface area (Å²) in [6.07, 6.45) is 0. The van der Waals surface area contributed by atoms with Crippen LogP contribution >= 0.6 is 11.3 Å². The van der Waals surface area contributed by atoms with Crippen LogP contribution in [0.15, 0.2) is 36.4 Å². The minimum Gasteiger partial charge on any atom is -0.497 e. The van der Waals surface area contributed by atoms with Gasteiger partial charge in [0.15, 0.2) is 16.6 Å². The van der Waals surface area contributed by atoms with Gasteiger partial charge in [-0.2, -0.15) is 0 Å². The highest BCUT2D eigenvalue weighted by molar-refractivity contribution is 7.22. The van der Waals surface area contributed by atoms with E-state index < -0.39 is 0 Å². The number of ether oxygens (including phenoxy) is 3. The minimum atomic E-state index is -0.102. The molecule has 0 bridgehead atoms. The molecule has 0 radical (unpaired) electrons. The van der Waals surface area contributed by atoms with Gasteiger partial charge in [0.2, 0.25) is 0 Å². The summed E-state index contributed by atoms with van der Waals surface area (Å²) in [5.74, 6) is 1.92.